The summed E-state index contributed by atoms with van der Waals surface area (Å²) in [4.78, 5) is 28.3. The fourth-order valence-electron chi connectivity index (χ4n) is 3.72. The molecule has 198 valence electrons. The lowest BCUT2D eigenvalue weighted by atomic mass is 10.1. The maximum atomic E-state index is 13.7. The molecule has 0 spiro atoms. The molecule has 0 aliphatic heterocycles. The molecule has 0 bridgehead atoms. The molecule has 0 aromatic heterocycles. The van der Waals surface area contributed by atoms with E-state index in [2.05, 4.69) is 5.32 Å². The molecule has 0 fully saturated rings. The smallest absolute Gasteiger partial charge is 0.244 e. The van der Waals surface area contributed by atoms with Crippen LogP contribution in [0.1, 0.15) is 39.2 Å². The normalized spacial score (nSPS) is 12.8. The molecule has 2 aromatic carbocycles. The number of amides is 2. The summed E-state index contributed by atoms with van der Waals surface area (Å²) in [6.07, 6.45) is 2.13. The van der Waals surface area contributed by atoms with E-state index in [1.807, 2.05) is 32.9 Å². The lowest BCUT2D eigenvalue weighted by Gasteiger charge is -2.33. The number of rotatable bonds is 13. The van der Waals surface area contributed by atoms with E-state index in [-0.39, 0.29) is 24.2 Å². The highest BCUT2D eigenvalue weighted by Crippen LogP contribution is 2.30. The first-order valence-electron chi connectivity index (χ1n) is 11.9. The zero-order valence-corrected chi connectivity index (χ0v) is 22.7. The number of nitrogens with one attached hydrogen (secondary N) is 1. The van der Waals surface area contributed by atoms with E-state index < -0.39 is 28.5 Å². The molecule has 2 rings (SSSR count). The summed E-state index contributed by atoms with van der Waals surface area (Å²) in [5.74, 6) is 0.196. The van der Waals surface area contributed by atoms with Crippen molar-refractivity contribution in [2.75, 3.05) is 31.3 Å². The summed E-state index contributed by atoms with van der Waals surface area (Å²) in [5, 5.41) is 2.95. The van der Waals surface area contributed by atoms with Crippen molar-refractivity contribution >= 4 is 27.5 Å². The van der Waals surface area contributed by atoms with Gasteiger partial charge in [0.15, 0.2) is 0 Å². The quantitative estimate of drug-likeness (QED) is 0.436. The molecule has 0 radical (unpaired) electrons. The largest absolute Gasteiger partial charge is 0.497 e. The fourth-order valence-corrected chi connectivity index (χ4v) is 4.57. The number of carbonyl (C=O) groups is 2. The average Bonchev–Trinajstić information content (AvgIpc) is 2.86. The maximum absolute atomic E-state index is 13.7. The van der Waals surface area contributed by atoms with Crippen molar-refractivity contribution in [3.63, 3.8) is 0 Å². The predicted octanol–water partition coefficient (Wildman–Crippen LogP) is 3.19. The predicted molar refractivity (Wildman–Crippen MR) is 141 cm³/mol. The Labute approximate surface area is 214 Å². The third-order valence-corrected chi connectivity index (χ3v) is 7.06. The Balaban J connectivity index is 2.47. The van der Waals surface area contributed by atoms with Crippen molar-refractivity contribution < 1.29 is 27.5 Å². The minimum Gasteiger partial charge on any atom is -0.497 e. The molecule has 9 nitrogen and oxygen atoms in total. The number of methoxy groups -OCH3 is 2. The molecule has 36 heavy (non-hydrogen) atoms. The van der Waals surface area contributed by atoms with Crippen LogP contribution in [0.5, 0.6) is 11.5 Å². The van der Waals surface area contributed by atoms with Crippen LogP contribution in [0.2, 0.25) is 0 Å². The van der Waals surface area contributed by atoms with Crippen LogP contribution in [-0.4, -0.2) is 64.2 Å². The van der Waals surface area contributed by atoms with Gasteiger partial charge in [-0.25, -0.2) is 8.42 Å². The first-order chi connectivity index (χ1) is 17.0. The molecule has 0 aliphatic rings. The summed E-state index contributed by atoms with van der Waals surface area (Å²) in [6, 6.07) is 12.9. The molecule has 0 saturated heterocycles. The van der Waals surface area contributed by atoms with Crippen LogP contribution in [0, 0.1) is 0 Å². The number of carbonyl (C=O) groups excluding carboxylic acids is 2. The second-order valence-corrected chi connectivity index (χ2v) is 10.5. The topological polar surface area (TPSA) is 105 Å². The third kappa shape index (κ3) is 7.61. The van der Waals surface area contributed by atoms with Gasteiger partial charge in [0.25, 0.3) is 0 Å². The van der Waals surface area contributed by atoms with Gasteiger partial charge in [0, 0.05) is 12.6 Å². The number of benzene rings is 2. The zero-order valence-electron chi connectivity index (χ0n) is 21.9. The maximum Gasteiger partial charge on any atom is 0.244 e. The molecule has 2 atom stereocenters. The van der Waals surface area contributed by atoms with Gasteiger partial charge < -0.3 is 19.7 Å². The highest BCUT2D eigenvalue weighted by molar-refractivity contribution is 7.92. The third-order valence-electron chi connectivity index (χ3n) is 5.93. The number of sulfonamides is 1. The van der Waals surface area contributed by atoms with Crippen molar-refractivity contribution in [2.24, 2.45) is 0 Å². The van der Waals surface area contributed by atoms with Gasteiger partial charge in [-0.1, -0.05) is 38.1 Å². The van der Waals surface area contributed by atoms with Gasteiger partial charge in [0.05, 0.1) is 26.2 Å². The van der Waals surface area contributed by atoms with Gasteiger partial charge in [0.1, 0.15) is 24.1 Å². The summed E-state index contributed by atoms with van der Waals surface area (Å²) < 4.78 is 37.1. The number of anilines is 1. The Bertz CT molecular complexity index is 1120. The van der Waals surface area contributed by atoms with Gasteiger partial charge in [-0.3, -0.25) is 13.9 Å². The molecule has 2 amide bonds. The molecular formula is C26H37N3O6S. The van der Waals surface area contributed by atoms with Crippen LogP contribution in [0.15, 0.2) is 48.5 Å². The van der Waals surface area contributed by atoms with Crippen molar-refractivity contribution in [2.45, 2.75) is 52.2 Å². The molecule has 0 aliphatic carbocycles. The van der Waals surface area contributed by atoms with E-state index >= 15 is 0 Å². The van der Waals surface area contributed by atoms with Crippen molar-refractivity contribution in [1.82, 2.24) is 10.2 Å². The van der Waals surface area contributed by atoms with Crippen molar-refractivity contribution in [3.8, 4) is 11.5 Å². The average molecular weight is 520 g/mol. The monoisotopic (exact) mass is 519 g/mol. The Hall–Kier alpha value is -3.27. The minimum absolute atomic E-state index is 0.0643. The van der Waals surface area contributed by atoms with E-state index in [9.17, 15) is 18.0 Å². The zero-order chi connectivity index (χ0) is 26.9. The van der Waals surface area contributed by atoms with Crippen molar-refractivity contribution in [1.29, 1.82) is 0 Å². The summed E-state index contributed by atoms with van der Waals surface area (Å²) in [5.41, 5.74) is 1.03. The Morgan fingerprint density at radius 1 is 0.972 bits per heavy atom. The molecule has 10 heteroatoms. The van der Waals surface area contributed by atoms with Crippen LogP contribution >= 0.6 is 0 Å². The lowest BCUT2D eigenvalue weighted by molar-refractivity contribution is -0.140. The molecule has 0 saturated carbocycles. The summed E-state index contributed by atoms with van der Waals surface area (Å²) >= 11 is 0. The number of nitrogens with zero attached hydrogens (tertiary/aromatic N) is 2. The Morgan fingerprint density at radius 3 is 2.14 bits per heavy atom. The second-order valence-electron chi connectivity index (χ2n) is 8.55. The Kier molecular flexibility index (Phi) is 10.6. The first-order valence-corrected chi connectivity index (χ1v) is 13.7. The molecule has 2 aromatic rings. The Morgan fingerprint density at radius 2 is 1.61 bits per heavy atom. The standard InChI is InChI=1S/C26H37N3O6S/c1-7-19(3)27-26(31)22(8-2)28(17-20-13-15-21(34-4)16-14-20)25(30)18-29(36(6,32)33)23-11-9-10-12-24(23)35-5/h9-16,19,22H,7-8,17-18H2,1-6H3,(H,27,31)/t19-,22+/m1/s1. The number of ether oxygens (including phenoxy) is 2. The van der Waals surface area contributed by atoms with E-state index in [4.69, 9.17) is 9.47 Å². The van der Waals surface area contributed by atoms with E-state index in [1.54, 1.807) is 43.5 Å². The van der Waals surface area contributed by atoms with Crippen LogP contribution in [0.4, 0.5) is 5.69 Å². The van der Waals surface area contributed by atoms with Gasteiger partial charge in [0.2, 0.25) is 21.8 Å². The van der Waals surface area contributed by atoms with Crippen LogP contribution in [0.3, 0.4) is 0 Å². The van der Waals surface area contributed by atoms with E-state index in [0.717, 1.165) is 22.5 Å². The summed E-state index contributed by atoms with van der Waals surface area (Å²) in [7, 11) is -0.850. The van der Waals surface area contributed by atoms with Crippen molar-refractivity contribution in [3.05, 3.63) is 54.1 Å². The fraction of sp³-hybridized carbons (Fsp3) is 0.462. The summed E-state index contributed by atoms with van der Waals surface area (Å²) in [6.45, 7) is 5.32. The molecule has 0 unspecified atom stereocenters. The number of hydrogen-bond donors (Lipinski definition) is 1. The molecule has 1 N–H and O–H groups in total. The first kappa shape index (κ1) is 29.0. The van der Waals surface area contributed by atoms with E-state index in [1.165, 1.54) is 12.0 Å². The molecular weight excluding hydrogens is 482 g/mol. The highest BCUT2D eigenvalue weighted by atomic mass is 32.2. The minimum atomic E-state index is -3.85. The highest BCUT2D eigenvalue weighted by Gasteiger charge is 2.32. The number of hydrogen-bond acceptors (Lipinski definition) is 6. The van der Waals surface area contributed by atoms with Gasteiger partial charge >= 0.3 is 0 Å². The number of para-hydroxylation sites is 2. The lowest BCUT2D eigenvalue weighted by Crippen LogP contribution is -2.53. The van der Waals surface area contributed by atoms with Crippen LogP contribution in [-0.2, 0) is 26.2 Å². The second kappa shape index (κ2) is 13.2. The van der Waals surface area contributed by atoms with Gasteiger partial charge in [-0.05, 0) is 49.6 Å². The van der Waals surface area contributed by atoms with Crippen LogP contribution in [0.25, 0.3) is 0 Å². The SMILES string of the molecule is CC[C@@H](C)NC(=O)[C@H](CC)N(Cc1ccc(OC)cc1)C(=O)CN(c1ccccc1OC)S(C)(=O)=O. The molecule has 0 heterocycles. The van der Waals surface area contributed by atoms with Gasteiger partial charge in [-0.2, -0.15) is 0 Å². The van der Waals surface area contributed by atoms with Gasteiger partial charge in [-0.15, -0.1) is 0 Å². The van der Waals surface area contributed by atoms with E-state index in [0.29, 0.717) is 17.9 Å². The van der Waals surface area contributed by atoms with Crippen LogP contribution < -0.4 is 19.1 Å².